The van der Waals surface area contributed by atoms with Crippen molar-refractivity contribution < 1.29 is 18.1 Å². The lowest BCUT2D eigenvalue weighted by Gasteiger charge is -2.07. The Hall–Kier alpha value is -2.63. The quantitative estimate of drug-likeness (QED) is 0.305. The average molecular weight is 382 g/mol. The minimum absolute atomic E-state index is 0.0537. The molecule has 0 unspecified atom stereocenters. The first-order valence-corrected chi connectivity index (χ1v) is 9.34. The predicted octanol–water partition coefficient (Wildman–Crippen LogP) is 1.16. The van der Waals surface area contributed by atoms with Crippen LogP contribution in [0.3, 0.4) is 0 Å². The molecule has 0 radical (unpaired) electrons. The highest BCUT2D eigenvalue weighted by Crippen LogP contribution is 2.16. The Labute approximate surface area is 147 Å². The molecule has 0 atom stereocenters. The Kier molecular flexibility index (Phi) is 6.33. The summed E-state index contributed by atoms with van der Waals surface area (Å²) in [4.78, 5) is 25.4. The maximum atomic E-state index is 12.1. The molecule has 0 spiro atoms. The second-order valence-electron chi connectivity index (χ2n) is 4.65. The van der Waals surface area contributed by atoms with Gasteiger partial charge in [0.25, 0.3) is 5.69 Å². The normalized spacial score (nSPS) is 11.5. The highest BCUT2D eigenvalue weighted by Gasteiger charge is 2.16. The Balaban J connectivity index is 1.83. The van der Waals surface area contributed by atoms with Crippen LogP contribution in [0.15, 0.2) is 46.8 Å². The fraction of sp³-hybridized carbons (Fsp3) is 0.143. The molecule has 2 rings (SSSR count). The summed E-state index contributed by atoms with van der Waals surface area (Å²) >= 11 is 1.38. The van der Waals surface area contributed by atoms with Crippen molar-refractivity contribution in [2.45, 2.75) is 4.90 Å². The van der Waals surface area contributed by atoms with Gasteiger partial charge in [0.15, 0.2) is 0 Å². The van der Waals surface area contributed by atoms with E-state index in [0.717, 1.165) is 6.07 Å². The van der Waals surface area contributed by atoms with Gasteiger partial charge in [0.1, 0.15) is 5.01 Å². The summed E-state index contributed by atoms with van der Waals surface area (Å²) in [5.41, 5.74) is -0.316. The topological polar surface area (TPSA) is 131 Å². The number of non-ortho nitro benzene ring substituents is 1. The van der Waals surface area contributed by atoms with Crippen molar-refractivity contribution in [3.63, 3.8) is 0 Å². The second-order valence-corrected chi connectivity index (χ2v) is 7.34. The zero-order valence-electron chi connectivity index (χ0n) is 12.8. The Morgan fingerprint density at radius 3 is 2.84 bits per heavy atom. The molecule has 0 bridgehead atoms. The molecule has 2 aromatic rings. The number of nitro benzene ring substituents is 1. The zero-order chi connectivity index (χ0) is 18.3. The van der Waals surface area contributed by atoms with Crippen molar-refractivity contribution in [1.82, 2.24) is 15.0 Å². The number of nitro groups is 1. The lowest BCUT2D eigenvalue weighted by molar-refractivity contribution is -0.385. The highest BCUT2D eigenvalue weighted by atomic mass is 32.2. The summed E-state index contributed by atoms with van der Waals surface area (Å²) < 4.78 is 26.4. The van der Waals surface area contributed by atoms with Crippen LogP contribution in [-0.4, -0.2) is 37.3 Å². The number of rotatable bonds is 8. The smallest absolute Gasteiger partial charge is 0.270 e. The van der Waals surface area contributed by atoms with Gasteiger partial charge in [0, 0.05) is 42.9 Å². The largest absolute Gasteiger partial charge is 0.351 e. The van der Waals surface area contributed by atoms with E-state index in [9.17, 15) is 23.3 Å². The van der Waals surface area contributed by atoms with Gasteiger partial charge in [-0.25, -0.2) is 18.1 Å². The molecule has 25 heavy (non-hydrogen) atoms. The number of thiazole rings is 1. The summed E-state index contributed by atoms with van der Waals surface area (Å²) in [5.74, 6) is -0.384. The lowest BCUT2D eigenvalue weighted by Crippen LogP contribution is -2.34. The molecule has 1 heterocycles. The van der Waals surface area contributed by atoms with Crippen LogP contribution >= 0.6 is 11.3 Å². The van der Waals surface area contributed by atoms with Crippen LogP contribution in [0.25, 0.3) is 6.08 Å². The maximum absolute atomic E-state index is 12.1. The van der Waals surface area contributed by atoms with Gasteiger partial charge >= 0.3 is 0 Å². The molecule has 1 amide bonds. The first kappa shape index (κ1) is 18.7. The second kappa shape index (κ2) is 8.46. The van der Waals surface area contributed by atoms with E-state index in [0.29, 0.717) is 5.01 Å². The molecule has 1 aromatic carbocycles. The summed E-state index contributed by atoms with van der Waals surface area (Å²) in [6.07, 6.45) is 4.46. The molecule has 0 aliphatic heterocycles. The minimum Gasteiger partial charge on any atom is -0.351 e. The molecular formula is C14H14N4O5S2. The minimum atomic E-state index is -3.89. The van der Waals surface area contributed by atoms with Gasteiger partial charge in [-0.05, 0) is 12.1 Å². The summed E-state index contributed by atoms with van der Waals surface area (Å²) in [5, 5.41) is 15.7. The van der Waals surface area contributed by atoms with Crippen LogP contribution in [0.4, 0.5) is 5.69 Å². The molecule has 132 valence electrons. The molecule has 1 aromatic heterocycles. The third-order valence-corrected chi connectivity index (χ3v) is 5.08. The highest BCUT2D eigenvalue weighted by molar-refractivity contribution is 7.89. The van der Waals surface area contributed by atoms with Crippen molar-refractivity contribution in [3.05, 3.63) is 57.0 Å². The van der Waals surface area contributed by atoms with Crippen molar-refractivity contribution in [3.8, 4) is 0 Å². The molecule has 0 fully saturated rings. The van der Waals surface area contributed by atoms with E-state index in [2.05, 4.69) is 15.0 Å². The Morgan fingerprint density at radius 1 is 1.36 bits per heavy atom. The number of carbonyl (C=O) groups is 1. The fourth-order valence-corrected chi connectivity index (χ4v) is 3.34. The number of sulfonamides is 1. The summed E-state index contributed by atoms with van der Waals surface area (Å²) in [6.45, 7) is 0.0110. The third-order valence-electron chi connectivity index (χ3n) is 2.88. The van der Waals surface area contributed by atoms with E-state index < -0.39 is 14.9 Å². The molecule has 0 saturated carbocycles. The van der Waals surface area contributed by atoms with Gasteiger partial charge in [-0.1, -0.05) is 6.07 Å². The molecule has 0 aliphatic rings. The van der Waals surface area contributed by atoms with Gasteiger partial charge in [-0.15, -0.1) is 11.3 Å². The molecule has 0 saturated heterocycles. The van der Waals surface area contributed by atoms with Gasteiger partial charge in [0.05, 0.1) is 9.82 Å². The number of nitrogens with zero attached hydrogens (tertiary/aromatic N) is 2. The number of aromatic nitrogens is 1. The molecular weight excluding hydrogens is 368 g/mol. The molecule has 11 heteroatoms. The first-order valence-electron chi connectivity index (χ1n) is 6.98. The lowest BCUT2D eigenvalue weighted by atomic mass is 10.3. The van der Waals surface area contributed by atoms with Gasteiger partial charge < -0.3 is 5.32 Å². The van der Waals surface area contributed by atoms with Crippen molar-refractivity contribution >= 4 is 39.0 Å². The monoisotopic (exact) mass is 382 g/mol. The first-order chi connectivity index (χ1) is 11.9. The van der Waals surface area contributed by atoms with Gasteiger partial charge in [-0.2, -0.15) is 0 Å². The predicted molar refractivity (Wildman–Crippen MR) is 92.4 cm³/mol. The number of carbonyl (C=O) groups excluding carboxylic acids is 1. The van der Waals surface area contributed by atoms with Gasteiger partial charge in [0.2, 0.25) is 15.9 Å². The SMILES string of the molecule is O=C(/C=C/c1nccs1)NCCNS(=O)(=O)c1cccc([N+](=O)[O-])c1. The number of benzene rings is 1. The van der Waals surface area contributed by atoms with Crippen molar-refractivity contribution in [2.24, 2.45) is 0 Å². The van der Waals surface area contributed by atoms with E-state index in [1.165, 1.54) is 35.6 Å². The number of nitrogens with one attached hydrogen (secondary N) is 2. The van der Waals surface area contributed by atoms with Crippen LogP contribution in [-0.2, 0) is 14.8 Å². The Bertz CT molecular complexity index is 878. The molecule has 2 N–H and O–H groups in total. The van der Waals surface area contributed by atoms with Crippen LogP contribution in [0.5, 0.6) is 0 Å². The van der Waals surface area contributed by atoms with Crippen molar-refractivity contribution in [1.29, 1.82) is 0 Å². The fourth-order valence-electron chi connectivity index (χ4n) is 1.74. The van der Waals surface area contributed by atoms with E-state index in [-0.39, 0.29) is 29.6 Å². The molecule has 9 nitrogen and oxygen atoms in total. The number of amides is 1. The summed E-state index contributed by atoms with van der Waals surface area (Å²) in [6, 6.07) is 4.72. The van der Waals surface area contributed by atoms with Crippen LogP contribution in [0.1, 0.15) is 5.01 Å². The van der Waals surface area contributed by atoms with E-state index in [1.807, 2.05) is 0 Å². The maximum Gasteiger partial charge on any atom is 0.270 e. The third kappa shape index (κ3) is 5.74. The van der Waals surface area contributed by atoms with E-state index >= 15 is 0 Å². The summed E-state index contributed by atoms with van der Waals surface area (Å²) in [7, 11) is -3.89. The average Bonchev–Trinajstić information content (AvgIpc) is 3.10. The standard InChI is InChI=1S/C14H14N4O5S2/c19-13(4-5-14-16-8-9-24-14)15-6-7-17-25(22,23)12-3-1-2-11(10-12)18(20)21/h1-5,8-10,17H,6-7H2,(H,15,19)/b5-4+. The van der Waals surface area contributed by atoms with E-state index in [4.69, 9.17) is 0 Å². The Morgan fingerprint density at radius 2 is 2.16 bits per heavy atom. The van der Waals surface area contributed by atoms with Crippen molar-refractivity contribution in [2.75, 3.05) is 13.1 Å². The number of hydrogen-bond acceptors (Lipinski definition) is 7. The zero-order valence-corrected chi connectivity index (χ0v) is 14.4. The molecule has 0 aliphatic carbocycles. The van der Waals surface area contributed by atoms with Crippen LogP contribution < -0.4 is 10.0 Å². The van der Waals surface area contributed by atoms with Crippen LogP contribution in [0.2, 0.25) is 0 Å². The number of hydrogen-bond donors (Lipinski definition) is 2. The van der Waals surface area contributed by atoms with Gasteiger partial charge in [-0.3, -0.25) is 14.9 Å². The van der Waals surface area contributed by atoms with E-state index in [1.54, 1.807) is 17.7 Å². The van der Waals surface area contributed by atoms with Crippen LogP contribution in [0, 0.1) is 10.1 Å².